The Bertz CT molecular complexity index is 4050. The Morgan fingerprint density at radius 1 is 0.381 bits per heavy atom. The number of amidine groups is 4. The van der Waals surface area contributed by atoms with Gasteiger partial charge in [-0.2, -0.15) is 0 Å². The average molecular weight is 1360 g/mol. The Morgan fingerprint density at radius 3 is 1.19 bits per heavy atom. The summed E-state index contributed by atoms with van der Waals surface area (Å²) in [4.78, 5) is 48.4. The fourth-order valence-electron chi connectivity index (χ4n) is 18.2. The molecule has 0 amide bonds. The molecular weight excluding hydrogens is 1250 g/mol. The van der Waals surface area contributed by atoms with Crippen molar-refractivity contribution in [2.45, 2.75) is 234 Å². The fraction of sp³-hybridized carbons (Fsp3) is 0.600. The molecule has 0 N–H and O–H groups in total. The number of hydrogen-bond acceptors (Lipinski definition) is 12. The van der Waals surface area contributed by atoms with Gasteiger partial charge in [0, 0.05) is 97.0 Å². The molecule has 4 aromatic carbocycles. The maximum absolute atomic E-state index is 9.70. The van der Waals surface area contributed by atoms with E-state index in [9.17, 15) is 8.23 Å². The van der Waals surface area contributed by atoms with Crippen molar-refractivity contribution in [3.05, 3.63) is 106 Å². The number of anilines is 4. The average Bonchev–Trinajstić information content (AvgIpc) is 1.53. The lowest BCUT2D eigenvalue weighted by atomic mass is 9.97. The number of nitrogens with zero attached hydrogens (tertiary/aromatic N) is 12. The van der Waals surface area contributed by atoms with Gasteiger partial charge < -0.3 is 27.8 Å². The minimum absolute atomic E-state index is 0.520. The Kier molecular flexibility index (Phi) is 20.6. The summed E-state index contributed by atoms with van der Waals surface area (Å²) in [5.41, 5.74) is 10.6. The number of aromatic nitrogens is 2. The molecule has 8 aliphatic heterocycles. The van der Waals surface area contributed by atoms with E-state index in [1.807, 2.05) is 0 Å². The van der Waals surface area contributed by atoms with E-state index in [0.29, 0.717) is 47.0 Å². The minimum Gasteiger partial charge on any atom is -0.404 e. The fourth-order valence-corrected chi connectivity index (χ4v) is 36.6. The highest BCUT2D eigenvalue weighted by molar-refractivity contribution is 6.89. The van der Waals surface area contributed by atoms with E-state index in [0.717, 1.165) is 258 Å². The first-order valence-electron chi connectivity index (χ1n) is 39.2. The second kappa shape index (κ2) is 29.3. The summed E-state index contributed by atoms with van der Waals surface area (Å²) in [5.74, 6) is 6.62. The largest absolute Gasteiger partial charge is 0.582 e. The number of hydrogen-bond donors (Lipinski definition) is 0. The molecule has 6 bridgehead atoms. The second-order valence-corrected chi connectivity index (χ2v) is 42.6. The van der Waals surface area contributed by atoms with Crippen molar-refractivity contribution in [1.82, 2.24) is 8.47 Å². The van der Waals surface area contributed by atoms with E-state index in [2.05, 4.69) is 170 Å². The third-order valence-corrected chi connectivity index (χ3v) is 38.5. The number of fused-ring (bicyclic) bond motifs is 14. The molecular formula is C80H114N12O2Si3. The summed E-state index contributed by atoms with van der Waals surface area (Å²) < 4.78 is 24.7. The van der Waals surface area contributed by atoms with Crippen molar-refractivity contribution in [2.75, 3.05) is 72.0 Å². The van der Waals surface area contributed by atoms with E-state index < -0.39 is 25.5 Å². The van der Waals surface area contributed by atoms with E-state index in [1.54, 1.807) is 0 Å². The summed E-state index contributed by atoms with van der Waals surface area (Å²) in [6.45, 7) is 31.9. The van der Waals surface area contributed by atoms with Crippen molar-refractivity contribution in [3.63, 3.8) is 0 Å². The molecule has 2 aromatic heterocycles. The van der Waals surface area contributed by atoms with Crippen LogP contribution >= 0.6 is 0 Å². The van der Waals surface area contributed by atoms with Crippen molar-refractivity contribution in [1.29, 1.82) is 0 Å². The predicted octanol–water partition coefficient (Wildman–Crippen LogP) is 19.0. The Balaban J connectivity index is 1.27. The van der Waals surface area contributed by atoms with Crippen LogP contribution in [0.4, 0.5) is 34.4 Å². The standard InChI is InChI=1S/C80H114N12O2Si3/c1-11-17-47-95(48-18-12-2,49-19-13-3)93-97(94-96(50-20-14-4,51-21-15-5)52-22-16-6)91-77-63-37-25-41-67(89-45-29-33-59(9)55-89)71(63)80(91)84-74-62-36-24-40-66(88-44-28-32-58(8)54-88)70(62)76(82-74)86-78-64-38-26-42-68(90-46-30-34-60(10)56-90)72(64)79(92(78)97)83-73-61-35-23-39-65(69(61)75(81-73)85-77)87-43-27-31-57(7)53-87/h23-26,35-42,57-60H,11-22,27-34,43-56H2,1-10H3/b83-73-,83-79?,84-74?,84-80-,85-75?,85-77-,86-76-,86-78?. The maximum Gasteiger partial charge on any atom is 0.582 e. The van der Waals surface area contributed by atoms with Crippen LogP contribution in [0.2, 0.25) is 36.3 Å². The molecule has 0 aliphatic carbocycles. The van der Waals surface area contributed by atoms with Crippen LogP contribution in [-0.4, -0.2) is 110 Å². The highest BCUT2D eigenvalue weighted by Gasteiger charge is 2.61. The zero-order valence-electron chi connectivity index (χ0n) is 61.0. The molecule has 0 saturated carbocycles. The van der Waals surface area contributed by atoms with Gasteiger partial charge in [-0.25, -0.2) is 30.0 Å². The van der Waals surface area contributed by atoms with Gasteiger partial charge in [0.15, 0.2) is 40.0 Å². The van der Waals surface area contributed by atoms with Crippen LogP contribution in [-0.2, 0) is 8.23 Å². The van der Waals surface area contributed by atoms with Crippen LogP contribution in [0, 0.1) is 23.7 Å². The molecule has 4 fully saturated rings. The molecule has 4 unspecified atom stereocenters. The smallest absolute Gasteiger partial charge is 0.404 e. The molecule has 6 aromatic rings. The number of benzene rings is 4. The van der Waals surface area contributed by atoms with Gasteiger partial charge in [-0.1, -0.05) is 195 Å². The van der Waals surface area contributed by atoms with Gasteiger partial charge >= 0.3 is 8.88 Å². The summed E-state index contributed by atoms with van der Waals surface area (Å²) in [7, 11) is -10.6. The molecule has 4 saturated heterocycles. The van der Waals surface area contributed by atoms with E-state index in [1.165, 1.54) is 48.4 Å². The van der Waals surface area contributed by atoms with Crippen LogP contribution in [0.1, 0.15) is 220 Å². The zero-order valence-corrected chi connectivity index (χ0v) is 64.0. The van der Waals surface area contributed by atoms with Gasteiger partial charge in [-0.3, -0.25) is 8.47 Å². The van der Waals surface area contributed by atoms with Crippen LogP contribution in [0.3, 0.4) is 0 Å². The Morgan fingerprint density at radius 2 is 0.742 bits per heavy atom. The first-order chi connectivity index (χ1) is 47.4. The highest BCUT2D eigenvalue weighted by Crippen LogP contribution is 2.52. The predicted molar refractivity (Wildman–Crippen MR) is 416 cm³/mol. The second-order valence-electron chi connectivity index (χ2n) is 31.2. The van der Waals surface area contributed by atoms with Crippen molar-refractivity contribution in [2.24, 2.45) is 53.6 Å². The zero-order chi connectivity index (χ0) is 67.0. The van der Waals surface area contributed by atoms with Crippen LogP contribution < -0.4 is 30.6 Å². The summed E-state index contributed by atoms with van der Waals surface area (Å²) in [5, 5.41) is 4.31. The molecule has 4 atom stereocenters. The van der Waals surface area contributed by atoms with Crippen LogP contribution in [0.5, 0.6) is 0 Å². The molecule has 0 spiro atoms. The lowest BCUT2D eigenvalue weighted by Crippen LogP contribution is -2.71. The summed E-state index contributed by atoms with van der Waals surface area (Å²) >= 11 is 0. The maximum atomic E-state index is 9.70. The Labute approximate surface area is 583 Å². The summed E-state index contributed by atoms with van der Waals surface area (Å²) in [6.07, 6.45) is 22.5. The van der Waals surface area contributed by atoms with Gasteiger partial charge in [0.05, 0.1) is 21.9 Å². The van der Waals surface area contributed by atoms with Gasteiger partial charge in [-0.05, 0) is 136 Å². The summed E-state index contributed by atoms with van der Waals surface area (Å²) in [6, 6.07) is 34.3. The van der Waals surface area contributed by atoms with Crippen LogP contribution in [0.15, 0.2) is 103 Å². The van der Waals surface area contributed by atoms with Gasteiger partial charge in [0.25, 0.3) is 0 Å². The number of piperidine rings is 4. The number of unbranched alkanes of at least 4 members (excludes halogenated alkanes) is 6. The Hall–Kier alpha value is -5.99. The van der Waals surface area contributed by atoms with Gasteiger partial charge in [0.2, 0.25) is 0 Å². The topological polar surface area (TPSA) is 115 Å². The van der Waals surface area contributed by atoms with Gasteiger partial charge in [0.1, 0.15) is 22.6 Å². The lowest BCUT2D eigenvalue weighted by Gasteiger charge is -2.47. The number of rotatable bonds is 26. The third kappa shape index (κ3) is 13.0. The quantitative estimate of drug-likeness (QED) is 0.0500. The van der Waals surface area contributed by atoms with Crippen molar-refractivity contribution >= 4 is 105 Å². The van der Waals surface area contributed by atoms with E-state index in [4.69, 9.17) is 30.0 Å². The molecule has 14 rings (SSSR count). The molecule has 17 heteroatoms. The minimum atomic E-state index is -4.68. The first-order valence-corrected chi connectivity index (χ1v) is 46.0. The third-order valence-electron chi connectivity index (χ3n) is 23.3. The SMILES string of the molecule is CCCC[Si](CCCC)(CCCC)O[Si]1(O[Si](CCCC)(CCCC)CCCC)n2c3c4cccc(N5CCCC(C)C5)c4c2/N=C2N=C(/N=c4/c5cccc(N6CCCC(C)C6)c5/c(n41)=N/C1=NC(=N\3)/c3c1cccc3N1CCCC(C)C1)c1c\2cccc1N1CCCC(C)C1. The molecule has 8 aliphatic rings. The van der Waals surface area contributed by atoms with Crippen molar-refractivity contribution in [3.8, 4) is 0 Å². The molecule has 518 valence electrons. The normalized spacial score (nSPS) is 23.2. The molecule has 10 heterocycles. The van der Waals surface area contributed by atoms with Crippen LogP contribution in [0.25, 0.3) is 21.5 Å². The first kappa shape index (κ1) is 68.2. The molecule has 0 radical (unpaired) electrons. The number of aliphatic imine (C=N–C) groups is 4. The lowest BCUT2D eigenvalue weighted by molar-refractivity contribution is 0.319. The van der Waals surface area contributed by atoms with Crippen molar-refractivity contribution < 1.29 is 8.23 Å². The highest BCUT2D eigenvalue weighted by atomic mass is 28.5. The molecule has 14 nitrogen and oxygen atoms in total. The molecule has 97 heavy (non-hydrogen) atoms. The monoisotopic (exact) mass is 1360 g/mol. The van der Waals surface area contributed by atoms with Gasteiger partial charge in [-0.15, -0.1) is 0 Å². The van der Waals surface area contributed by atoms with E-state index in [-0.39, 0.29) is 0 Å². The van der Waals surface area contributed by atoms with E-state index >= 15 is 0 Å².